The molecular formula is C12H13N3O4. The van der Waals surface area contributed by atoms with Gasteiger partial charge in [0.05, 0.1) is 12.3 Å². The van der Waals surface area contributed by atoms with Crippen LogP contribution in [-0.2, 0) is 4.74 Å². The first-order valence-corrected chi connectivity index (χ1v) is 5.74. The topological polar surface area (TPSA) is 87.2 Å². The molecule has 0 unspecified atom stereocenters. The quantitative estimate of drug-likeness (QED) is 0.777. The van der Waals surface area contributed by atoms with E-state index in [2.05, 4.69) is 10.3 Å². The van der Waals surface area contributed by atoms with Crippen molar-refractivity contribution in [2.24, 2.45) is 0 Å². The minimum absolute atomic E-state index is 0.0686. The number of aromatic nitrogens is 3. The first kappa shape index (κ1) is 13.0. The zero-order chi connectivity index (χ0) is 14.0. The van der Waals surface area contributed by atoms with Crippen molar-refractivity contribution in [2.45, 2.75) is 20.8 Å². The van der Waals surface area contributed by atoms with E-state index in [-0.39, 0.29) is 18.1 Å². The molecule has 100 valence electrons. The summed E-state index contributed by atoms with van der Waals surface area (Å²) in [5.41, 5.74) is 1.20. The van der Waals surface area contributed by atoms with Crippen LogP contribution in [-0.4, -0.2) is 33.4 Å². The van der Waals surface area contributed by atoms with Gasteiger partial charge in [0.2, 0.25) is 5.76 Å². The summed E-state index contributed by atoms with van der Waals surface area (Å²) in [6, 6.07) is 2.99. The molecule has 2 aromatic rings. The maximum Gasteiger partial charge on any atom is 0.358 e. The zero-order valence-electron chi connectivity index (χ0n) is 10.8. The molecule has 0 radical (unpaired) electrons. The van der Waals surface area contributed by atoms with Crippen molar-refractivity contribution < 1.29 is 18.8 Å². The molecule has 7 nitrogen and oxygen atoms in total. The van der Waals surface area contributed by atoms with Crippen LogP contribution in [0.4, 0.5) is 0 Å². The fourth-order valence-corrected chi connectivity index (χ4v) is 1.55. The molecule has 0 aromatic carbocycles. The van der Waals surface area contributed by atoms with E-state index < -0.39 is 11.9 Å². The molecule has 0 fully saturated rings. The molecule has 19 heavy (non-hydrogen) atoms. The third-order valence-electron chi connectivity index (χ3n) is 2.40. The van der Waals surface area contributed by atoms with Gasteiger partial charge in [-0.1, -0.05) is 5.16 Å². The molecule has 0 bridgehead atoms. The number of hydrogen-bond acceptors (Lipinski definition) is 6. The van der Waals surface area contributed by atoms with E-state index in [4.69, 9.17) is 9.26 Å². The van der Waals surface area contributed by atoms with Gasteiger partial charge in [-0.2, -0.15) is 9.78 Å². The molecule has 0 N–H and O–H groups in total. The Morgan fingerprint density at radius 1 is 1.37 bits per heavy atom. The SMILES string of the molecule is CCOC(=O)c1cc(C)n(C(=O)c2cc(C)no2)n1. The highest BCUT2D eigenvalue weighted by molar-refractivity contribution is 5.94. The highest BCUT2D eigenvalue weighted by Crippen LogP contribution is 2.10. The van der Waals surface area contributed by atoms with E-state index in [1.165, 1.54) is 12.1 Å². The molecule has 0 spiro atoms. The van der Waals surface area contributed by atoms with E-state index in [0.29, 0.717) is 11.4 Å². The fourth-order valence-electron chi connectivity index (χ4n) is 1.55. The van der Waals surface area contributed by atoms with Crippen molar-refractivity contribution in [3.8, 4) is 0 Å². The maximum atomic E-state index is 12.1. The van der Waals surface area contributed by atoms with Gasteiger partial charge >= 0.3 is 11.9 Å². The van der Waals surface area contributed by atoms with Gasteiger partial charge in [0.25, 0.3) is 0 Å². The smallest absolute Gasteiger partial charge is 0.358 e. The first-order chi connectivity index (χ1) is 9.02. The monoisotopic (exact) mass is 263 g/mol. The predicted molar refractivity (Wildman–Crippen MR) is 63.9 cm³/mol. The van der Waals surface area contributed by atoms with Crippen LogP contribution in [0.2, 0.25) is 0 Å². The number of esters is 1. The Hall–Kier alpha value is -2.44. The van der Waals surface area contributed by atoms with Gasteiger partial charge in [-0.25, -0.2) is 4.79 Å². The number of rotatable bonds is 3. The Balaban J connectivity index is 2.30. The van der Waals surface area contributed by atoms with Crippen LogP contribution in [0, 0.1) is 13.8 Å². The van der Waals surface area contributed by atoms with E-state index >= 15 is 0 Å². The van der Waals surface area contributed by atoms with Gasteiger partial charge < -0.3 is 9.26 Å². The molecule has 0 aliphatic rings. The third kappa shape index (κ3) is 2.54. The Labute approximate surface area is 109 Å². The zero-order valence-corrected chi connectivity index (χ0v) is 10.8. The Morgan fingerprint density at radius 2 is 2.11 bits per heavy atom. The van der Waals surface area contributed by atoms with Gasteiger partial charge in [-0.05, 0) is 26.8 Å². The standard InChI is InChI=1S/C12H13N3O4/c1-4-18-12(17)9-6-8(3)15(13-9)11(16)10-5-7(2)14-19-10/h5-6H,4H2,1-3H3. The Bertz CT molecular complexity index is 627. The highest BCUT2D eigenvalue weighted by Gasteiger charge is 2.20. The van der Waals surface area contributed by atoms with Crippen LogP contribution < -0.4 is 0 Å². The van der Waals surface area contributed by atoms with Crippen molar-refractivity contribution >= 4 is 11.9 Å². The summed E-state index contributed by atoms with van der Waals surface area (Å²) < 4.78 is 10.8. The minimum atomic E-state index is -0.564. The lowest BCUT2D eigenvalue weighted by atomic mass is 10.3. The lowest BCUT2D eigenvalue weighted by molar-refractivity contribution is 0.0518. The average Bonchev–Trinajstić information content (AvgIpc) is 2.95. The van der Waals surface area contributed by atoms with Crippen molar-refractivity contribution in [1.29, 1.82) is 0 Å². The molecule has 2 aromatic heterocycles. The summed E-state index contributed by atoms with van der Waals surface area (Å²) in [5.74, 6) is -0.973. The second-order valence-electron chi connectivity index (χ2n) is 3.94. The summed E-state index contributed by atoms with van der Waals surface area (Å²) in [6.07, 6.45) is 0. The number of carbonyl (C=O) groups excluding carboxylic acids is 2. The highest BCUT2D eigenvalue weighted by atomic mass is 16.5. The van der Waals surface area contributed by atoms with Gasteiger partial charge in [0.15, 0.2) is 5.69 Å². The summed E-state index contributed by atoms with van der Waals surface area (Å²) >= 11 is 0. The second-order valence-corrected chi connectivity index (χ2v) is 3.94. The largest absolute Gasteiger partial charge is 0.461 e. The summed E-state index contributed by atoms with van der Waals surface area (Å²) in [6.45, 7) is 5.32. The number of aryl methyl sites for hydroxylation is 2. The van der Waals surface area contributed by atoms with Crippen LogP contribution in [0.25, 0.3) is 0 Å². The molecule has 0 amide bonds. The summed E-state index contributed by atoms with van der Waals surface area (Å²) in [7, 11) is 0. The average molecular weight is 263 g/mol. The lowest BCUT2D eigenvalue weighted by Crippen LogP contribution is -2.15. The number of carbonyl (C=O) groups is 2. The van der Waals surface area contributed by atoms with E-state index in [1.54, 1.807) is 20.8 Å². The van der Waals surface area contributed by atoms with Crippen molar-refractivity contribution in [3.05, 3.63) is 35.0 Å². The molecule has 0 saturated heterocycles. The van der Waals surface area contributed by atoms with Gasteiger partial charge in [-0.15, -0.1) is 0 Å². The van der Waals surface area contributed by atoms with Crippen LogP contribution >= 0.6 is 0 Å². The van der Waals surface area contributed by atoms with Crippen molar-refractivity contribution in [3.63, 3.8) is 0 Å². The van der Waals surface area contributed by atoms with E-state index in [0.717, 1.165) is 4.68 Å². The number of ether oxygens (including phenoxy) is 1. The molecule has 0 aliphatic carbocycles. The first-order valence-electron chi connectivity index (χ1n) is 5.74. The van der Waals surface area contributed by atoms with Gasteiger partial charge in [0, 0.05) is 11.8 Å². The van der Waals surface area contributed by atoms with Gasteiger partial charge in [0.1, 0.15) is 0 Å². The van der Waals surface area contributed by atoms with Crippen LogP contribution in [0.15, 0.2) is 16.7 Å². The molecule has 0 atom stereocenters. The van der Waals surface area contributed by atoms with Crippen LogP contribution in [0.1, 0.15) is 39.4 Å². The molecule has 2 heterocycles. The fraction of sp³-hybridized carbons (Fsp3) is 0.333. The molecule has 7 heteroatoms. The summed E-state index contributed by atoms with van der Waals surface area (Å²) in [4.78, 5) is 23.6. The number of nitrogens with zero attached hydrogens (tertiary/aromatic N) is 3. The maximum absolute atomic E-state index is 12.1. The second kappa shape index (κ2) is 5.05. The third-order valence-corrected chi connectivity index (χ3v) is 2.40. The molecule has 0 saturated carbocycles. The molecule has 0 aliphatic heterocycles. The Kier molecular flexibility index (Phi) is 3.46. The van der Waals surface area contributed by atoms with Crippen LogP contribution in [0.5, 0.6) is 0 Å². The van der Waals surface area contributed by atoms with E-state index in [9.17, 15) is 9.59 Å². The van der Waals surface area contributed by atoms with Gasteiger partial charge in [-0.3, -0.25) is 4.79 Å². The van der Waals surface area contributed by atoms with Crippen molar-refractivity contribution in [2.75, 3.05) is 6.61 Å². The summed E-state index contributed by atoms with van der Waals surface area (Å²) in [5, 5.41) is 7.55. The normalized spacial score (nSPS) is 10.5. The lowest BCUT2D eigenvalue weighted by Gasteiger charge is -1.98. The Morgan fingerprint density at radius 3 is 2.68 bits per heavy atom. The minimum Gasteiger partial charge on any atom is -0.461 e. The molecule has 2 rings (SSSR count). The predicted octanol–water partition coefficient (Wildman–Crippen LogP) is 1.35. The van der Waals surface area contributed by atoms with Crippen molar-refractivity contribution in [1.82, 2.24) is 14.9 Å². The van der Waals surface area contributed by atoms with Crippen LogP contribution in [0.3, 0.4) is 0 Å². The van der Waals surface area contributed by atoms with E-state index in [1.807, 2.05) is 0 Å². The number of hydrogen-bond donors (Lipinski definition) is 0. The molecular weight excluding hydrogens is 250 g/mol.